The lowest BCUT2D eigenvalue weighted by Crippen LogP contribution is -2.17. The first-order valence-corrected chi connectivity index (χ1v) is 7.20. The smallest absolute Gasteiger partial charge is 0.118 e. The van der Waals surface area contributed by atoms with Crippen LogP contribution in [0, 0.1) is 0 Å². The molecule has 18 heavy (non-hydrogen) atoms. The molecule has 0 aromatic heterocycles. The Morgan fingerprint density at radius 2 is 1.89 bits per heavy atom. The Bertz CT molecular complexity index is 306. The summed E-state index contributed by atoms with van der Waals surface area (Å²) in [6, 6.07) is 9.68. The number of hydrogen-bond acceptors (Lipinski definition) is 3. The van der Waals surface area contributed by atoms with Gasteiger partial charge >= 0.3 is 0 Å². The summed E-state index contributed by atoms with van der Waals surface area (Å²) in [6.07, 6.45) is 4.43. The molecule has 4 nitrogen and oxygen atoms in total. The summed E-state index contributed by atoms with van der Waals surface area (Å²) >= 11 is -2.07. The standard InChI is InChI=1S/C7H8O.C6H15NO2S/c1-8-7-5-3-2-4-6-7;1-2-3-4-5-6-7-10(8)9/h2-6H,1H3;7H,2-6H2,1H3,(H,8,9)/p-1. The number of para-hydroxylation sites is 1. The third kappa shape index (κ3) is 11.6. The predicted octanol–water partition coefficient (Wildman–Crippen LogP) is 2.65. The Morgan fingerprint density at radius 1 is 1.22 bits per heavy atom. The monoisotopic (exact) mass is 272 g/mol. The molecule has 0 amide bonds. The van der Waals surface area contributed by atoms with Gasteiger partial charge < -0.3 is 9.29 Å². The molecule has 0 spiro atoms. The maximum Gasteiger partial charge on any atom is 0.118 e. The number of ether oxygens (including phenoxy) is 1. The number of unbranched alkanes of at least 4 members (excludes halogenated alkanes) is 3. The quantitative estimate of drug-likeness (QED) is 0.613. The fraction of sp³-hybridized carbons (Fsp3) is 0.538. The van der Waals surface area contributed by atoms with Crippen LogP contribution in [-0.2, 0) is 11.3 Å². The van der Waals surface area contributed by atoms with E-state index in [1.807, 2.05) is 30.3 Å². The fourth-order valence-electron chi connectivity index (χ4n) is 1.26. The minimum absolute atomic E-state index is 0.579. The van der Waals surface area contributed by atoms with Gasteiger partial charge in [0, 0.05) is 17.8 Å². The highest BCUT2D eigenvalue weighted by molar-refractivity contribution is 7.77. The Labute approximate surface area is 112 Å². The molecule has 1 aromatic rings. The highest BCUT2D eigenvalue weighted by atomic mass is 32.2. The molecule has 1 unspecified atom stereocenters. The van der Waals surface area contributed by atoms with E-state index in [0.717, 1.165) is 18.6 Å². The molecule has 0 heterocycles. The first-order chi connectivity index (χ1) is 8.70. The van der Waals surface area contributed by atoms with Gasteiger partial charge in [-0.1, -0.05) is 44.4 Å². The number of benzene rings is 1. The van der Waals surface area contributed by atoms with Gasteiger partial charge in [0.05, 0.1) is 7.11 Å². The van der Waals surface area contributed by atoms with Gasteiger partial charge in [0.1, 0.15) is 5.75 Å². The van der Waals surface area contributed by atoms with Crippen LogP contribution >= 0.6 is 0 Å². The van der Waals surface area contributed by atoms with Gasteiger partial charge in [0.2, 0.25) is 0 Å². The van der Waals surface area contributed by atoms with Gasteiger partial charge in [-0.05, 0) is 18.6 Å². The van der Waals surface area contributed by atoms with Crippen molar-refractivity contribution in [3.05, 3.63) is 30.3 Å². The molecule has 0 saturated heterocycles. The summed E-state index contributed by atoms with van der Waals surface area (Å²) < 4.78 is 27.1. The third-order valence-electron chi connectivity index (χ3n) is 2.23. The average Bonchev–Trinajstić information content (AvgIpc) is 2.40. The SMILES string of the molecule is CCCCCCNS(=O)[O-].COc1ccccc1. The van der Waals surface area contributed by atoms with Gasteiger partial charge in [0.25, 0.3) is 0 Å². The highest BCUT2D eigenvalue weighted by Crippen LogP contribution is 2.05. The summed E-state index contributed by atoms with van der Waals surface area (Å²) in [5, 5.41) is 0. The second kappa shape index (κ2) is 12.5. The second-order valence-electron chi connectivity index (χ2n) is 3.71. The van der Waals surface area contributed by atoms with Crippen LogP contribution in [0.5, 0.6) is 5.75 Å². The van der Waals surface area contributed by atoms with E-state index < -0.39 is 11.3 Å². The van der Waals surface area contributed by atoms with Crippen molar-refractivity contribution in [1.29, 1.82) is 0 Å². The lowest BCUT2D eigenvalue weighted by atomic mass is 10.2. The van der Waals surface area contributed by atoms with E-state index in [-0.39, 0.29) is 0 Å². The van der Waals surface area contributed by atoms with Crippen LogP contribution in [0.4, 0.5) is 0 Å². The van der Waals surface area contributed by atoms with E-state index >= 15 is 0 Å². The van der Waals surface area contributed by atoms with Crippen molar-refractivity contribution in [1.82, 2.24) is 4.72 Å². The van der Waals surface area contributed by atoms with E-state index in [2.05, 4.69) is 11.6 Å². The number of hydrogen-bond donors (Lipinski definition) is 1. The molecule has 1 aromatic carbocycles. The van der Waals surface area contributed by atoms with Crippen LogP contribution < -0.4 is 9.46 Å². The van der Waals surface area contributed by atoms with E-state index in [0.29, 0.717) is 6.54 Å². The van der Waals surface area contributed by atoms with Crippen molar-refractivity contribution in [3.8, 4) is 5.75 Å². The lowest BCUT2D eigenvalue weighted by Gasteiger charge is -2.05. The lowest BCUT2D eigenvalue weighted by molar-refractivity contribution is 0.415. The minimum Gasteiger partial charge on any atom is -0.760 e. The van der Waals surface area contributed by atoms with Crippen LogP contribution in [0.1, 0.15) is 32.6 Å². The van der Waals surface area contributed by atoms with Crippen LogP contribution in [0.15, 0.2) is 30.3 Å². The molecule has 104 valence electrons. The zero-order chi connectivity index (χ0) is 13.6. The molecule has 0 radical (unpaired) electrons. The molecule has 1 rings (SSSR count). The number of methoxy groups -OCH3 is 1. The van der Waals surface area contributed by atoms with Gasteiger partial charge in [-0.25, -0.2) is 4.72 Å². The Hall–Kier alpha value is -0.910. The van der Waals surface area contributed by atoms with Crippen LogP contribution in [0.25, 0.3) is 0 Å². The molecule has 1 atom stereocenters. The molecule has 0 aliphatic heterocycles. The van der Waals surface area contributed by atoms with Crippen molar-refractivity contribution in [2.45, 2.75) is 32.6 Å². The van der Waals surface area contributed by atoms with Gasteiger partial charge in [-0.15, -0.1) is 0 Å². The largest absolute Gasteiger partial charge is 0.760 e. The summed E-state index contributed by atoms with van der Waals surface area (Å²) in [4.78, 5) is 0. The van der Waals surface area contributed by atoms with Gasteiger partial charge in [-0.3, -0.25) is 4.21 Å². The Morgan fingerprint density at radius 3 is 2.33 bits per heavy atom. The van der Waals surface area contributed by atoms with E-state index in [1.165, 1.54) is 12.8 Å². The number of rotatable bonds is 7. The molecular formula is C13H22NO3S-. The summed E-state index contributed by atoms with van der Waals surface area (Å²) in [7, 11) is 1.66. The predicted molar refractivity (Wildman–Crippen MR) is 74.1 cm³/mol. The molecule has 0 saturated carbocycles. The molecule has 0 fully saturated rings. The zero-order valence-corrected chi connectivity index (χ0v) is 11.9. The molecule has 5 heteroatoms. The summed E-state index contributed by atoms with van der Waals surface area (Å²) in [5.74, 6) is 0.910. The molecule has 0 bridgehead atoms. The zero-order valence-electron chi connectivity index (χ0n) is 11.1. The Balaban J connectivity index is 0.000000327. The van der Waals surface area contributed by atoms with Crippen molar-refractivity contribution >= 4 is 11.3 Å². The Kier molecular flexibility index (Phi) is 11.9. The highest BCUT2D eigenvalue weighted by Gasteiger charge is 1.86. The molecule has 1 N–H and O–H groups in total. The number of nitrogens with one attached hydrogen (secondary N) is 1. The van der Waals surface area contributed by atoms with Crippen molar-refractivity contribution < 1.29 is 13.5 Å². The summed E-state index contributed by atoms with van der Waals surface area (Å²) in [5.41, 5.74) is 0. The molecule has 0 aliphatic carbocycles. The van der Waals surface area contributed by atoms with E-state index in [1.54, 1.807) is 7.11 Å². The second-order valence-corrected chi connectivity index (χ2v) is 4.46. The maximum atomic E-state index is 9.92. The summed E-state index contributed by atoms with van der Waals surface area (Å²) in [6.45, 7) is 2.70. The van der Waals surface area contributed by atoms with Crippen molar-refractivity contribution in [2.75, 3.05) is 13.7 Å². The first kappa shape index (κ1) is 17.1. The van der Waals surface area contributed by atoms with Crippen LogP contribution in [0.3, 0.4) is 0 Å². The normalized spacial score (nSPS) is 11.3. The van der Waals surface area contributed by atoms with Crippen molar-refractivity contribution in [3.63, 3.8) is 0 Å². The molecular weight excluding hydrogens is 250 g/mol. The average molecular weight is 272 g/mol. The van der Waals surface area contributed by atoms with Gasteiger partial charge in [-0.2, -0.15) is 0 Å². The first-order valence-electron chi connectivity index (χ1n) is 6.12. The van der Waals surface area contributed by atoms with Crippen molar-refractivity contribution in [2.24, 2.45) is 0 Å². The van der Waals surface area contributed by atoms with E-state index in [4.69, 9.17) is 4.74 Å². The maximum absolute atomic E-state index is 9.92. The minimum atomic E-state index is -2.07. The van der Waals surface area contributed by atoms with Gasteiger partial charge in [0.15, 0.2) is 0 Å². The molecule has 0 aliphatic rings. The van der Waals surface area contributed by atoms with Crippen LogP contribution in [-0.4, -0.2) is 22.4 Å². The fourth-order valence-corrected chi connectivity index (χ4v) is 1.57. The van der Waals surface area contributed by atoms with Crippen LogP contribution in [0.2, 0.25) is 0 Å². The topological polar surface area (TPSA) is 61.4 Å². The van der Waals surface area contributed by atoms with E-state index in [9.17, 15) is 8.76 Å². The third-order valence-corrected chi connectivity index (χ3v) is 2.67.